The highest BCUT2D eigenvalue weighted by Gasteiger charge is 2.28. The van der Waals surface area contributed by atoms with Gasteiger partial charge in [0.25, 0.3) is 5.91 Å². The number of aryl methyl sites for hydroxylation is 2. The lowest BCUT2D eigenvalue weighted by Gasteiger charge is -2.27. The molecule has 0 saturated carbocycles. The largest absolute Gasteiger partial charge is 0.339 e. The predicted octanol–water partition coefficient (Wildman–Crippen LogP) is 2.68. The standard InChI is InChI=1S/C23H27N7O/c1-17-10-13-28(23-24-16-18-6-2-4-8-20(18)27-23)14-15-29(17)22(31)19-7-3-5-9-21(19)30-25-11-12-26-30/h3,5,7,9,11-12,16-17H,2,4,6,8,10,13-15H2,1H3/t17-/m0/s1. The van der Waals surface area contributed by atoms with Gasteiger partial charge in [0.2, 0.25) is 5.95 Å². The monoisotopic (exact) mass is 417 g/mol. The first-order valence-corrected chi connectivity index (χ1v) is 11.1. The first-order valence-electron chi connectivity index (χ1n) is 11.1. The molecule has 3 aromatic rings. The Morgan fingerprint density at radius 2 is 1.84 bits per heavy atom. The summed E-state index contributed by atoms with van der Waals surface area (Å²) in [4.78, 5) is 28.7. The Morgan fingerprint density at radius 1 is 1.03 bits per heavy atom. The summed E-state index contributed by atoms with van der Waals surface area (Å²) in [6.45, 7) is 4.30. The molecule has 5 rings (SSSR count). The maximum atomic E-state index is 13.5. The van der Waals surface area contributed by atoms with Crippen LogP contribution in [0, 0.1) is 0 Å². The molecule has 8 heteroatoms. The third kappa shape index (κ3) is 3.89. The van der Waals surface area contributed by atoms with E-state index in [0.29, 0.717) is 17.8 Å². The second-order valence-corrected chi connectivity index (χ2v) is 8.31. The molecule has 1 aliphatic heterocycles. The lowest BCUT2D eigenvalue weighted by Crippen LogP contribution is -2.40. The van der Waals surface area contributed by atoms with E-state index < -0.39 is 0 Å². The van der Waals surface area contributed by atoms with Crippen molar-refractivity contribution in [2.24, 2.45) is 0 Å². The van der Waals surface area contributed by atoms with E-state index >= 15 is 0 Å². The van der Waals surface area contributed by atoms with E-state index in [-0.39, 0.29) is 11.9 Å². The number of hydrogen-bond acceptors (Lipinski definition) is 6. The van der Waals surface area contributed by atoms with Gasteiger partial charge in [0.05, 0.1) is 23.6 Å². The molecule has 0 N–H and O–H groups in total. The van der Waals surface area contributed by atoms with Gasteiger partial charge in [-0.2, -0.15) is 15.0 Å². The van der Waals surface area contributed by atoms with Gasteiger partial charge in [-0.1, -0.05) is 12.1 Å². The second-order valence-electron chi connectivity index (χ2n) is 8.31. The average molecular weight is 418 g/mol. The maximum absolute atomic E-state index is 13.5. The first kappa shape index (κ1) is 19.7. The van der Waals surface area contributed by atoms with E-state index in [9.17, 15) is 4.79 Å². The smallest absolute Gasteiger partial charge is 0.256 e. The molecule has 160 valence electrons. The summed E-state index contributed by atoms with van der Waals surface area (Å²) in [7, 11) is 0. The van der Waals surface area contributed by atoms with Crippen LogP contribution in [0.25, 0.3) is 5.69 Å². The van der Waals surface area contributed by atoms with E-state index in [1.165, 1.54) is 28.9 Å². The van der Waals surface area contributed by atoms with E-state index in [1.54, 1.807) is 12.4 Å². The molecule has 3 heterocycles. The van der Waals surface area contributed by atoms with Gasteiger partial charge in [-0.25, -0.2) is 9.97 Å². The summed E-state index contributed by atoms with van der Waals surface area (Å²) in [5.74, 6) is 0.803. The van der Waals surface area contributed by atoms with E-state index in [0.717, 1.165) is 38.3 Å². The minimum atomic E-state index is 0.00797. The Morgan fingerprint density at radius 3 is 2.71 bits per heavy atom. The van der Waals surface area contributed by atoms with Gasteiger partial charge in [-0.15, -0.1) is 0 Å². The summed E-state index contributed by atoms with van der Waals surface area (Å²) >= 11 is 0. The van der Waals surface area contributed by atoms with Gasteiger partial charge in [-0.3, -0.25) is 4.79 Å². The van der Waals surface area contributed by atoms with Crippen LogP contribution >= 0.6 is 0 Å². The Hall–Kier alpha value is -3.29. The Kier molecular flexibility index (Phi) is 5.36. The van der Waals surface area contributed by atoms with Gasteiger partial charge in [0.15, 0.2) is 0 Å². The molecule has 0 radical (unpaired) electrons. The summed E-state index contributed by atoms with van der Waals surface area (Å²) in [5.41, 5.74) is 3.80. The topological polar surface area (TPSA) is 80.0 Å². The Labute approximate surface area is 181 Å². The molecule has 8 nitrogen and oxygen atoms in total. The van der Waals surface area contributed by atoms with Crippen LogP contribution in [0.2, 0.25) is 0 Å². The van der Waals surface area contributed by atoms with Gasteiger partial charge >= 0.3 is 0 Å². The number of amides is 1. The predicted molar refractivity (Wildman–Crippen MR) is 117 cm³/mol. The fourth-order valence-corrected chi connectivity index (χ4v) is 4.50. The van der Waals surface area contributed by atoms with Crippen molar-refractivity contribution in [3.05, 3.63) is 59.7 Å². The highest BCUT2D eigenvalue weighted by atomic mass is 16.2. The minimum absolute atomic E-state index is 0.00797. The van der Waals surface area contributed by atoms with Crippen LogP contribution in [0.15, 0.2) is 42.9 Å². The van der Waals surface area contributed by atoms with Crippen LogP contribution in [0.1, 0.15) is 47.8 Å². The van der Waals surface area contributed by atoms with Crippen molar-refractivity contribution < 1.29 is 4.79 Å². The van der Waals surface area contributed by atoms with Crippen molar-refractivity contribution >= 4 is 11.9 Å². The fraction of sp³-hybridized carbons (Fsp3) is 0.435. The minimum Gasteiger partial charge on any atom is -0.339 e. The summed E-state index contributed by atoms with van der Waals surface area (Å²) in [6.07, 6.45) is 10.7. The van der Waals surface area contributed by atoms with Crippen molar-refractivity contribution in [3.8, 4) is 5.69 Å². The number of aromatic nitrogens is 5. The van der Waals surface area contributed by atoms with E-state index in [4.69, 9.17) is 4.98 Å². The number of carbonyl (C=O) groups is 1. The normalized spacial score (nSPS) is 19.1. The molecule has 1 amide bonds. The van der Waals surface area contributed by atoms with Crippen molar-refractivity contribution in [1.82, 2.24) is 29.9 Å². The zero-order valence-electron chi connectivity index (χ0n) is 17.8. The molecule has 1 saturated heterocycles. The zero-order chi connectivity index (χ0) is 21.2. The summed E-state index contributed by atoms with van der Waals surface area (Å²) in [6, 6.07) is 7.63. The molecule has 0 unspecified atom stereocenters. The molecular formula is C23H27N7O. The molecule has 31 heavy (non-hydrogen) atoms. The molecule has 1 aromatic carbocycles. The van der Waals surface area contributed by atoms with Gasteiger partial charge in [-0.05, 0) is 56.7 Å². The van der Waals surface area contributed by atoms with Crippen molar-refractivity contribution in [3.63, 3.8) is 0 Å². The van der Waals surface area contributed by atoms with Gasteiger partial charge < -0.3 is 9.80 Å². The van der Waals surface area contributed by atoms with Crippen LogP contribution in [0.3, 0.4) is 0 Å². The third-order valence-electron chi connectivity index (χ3n) is 6.32. The van der Waals surface area contributed by atoms with E-state index in [1.807, 2.05) is 35.4 Å². The van der Waals surface area contributed by atoms with Crippen LogP contribution in [-0.4, -0.2) is 61.4 Å². The van der Waals surface area contributed by atoms with Gasteiger partial charge in [0, 0.05) is 37.6 Å². The molecular weight excluding hydrogens is 390 g/mol. The number of benzene rings is 1. The average Bonchev–Trinajstić information content (AvgIpc) is 3.28. The Balaban J connectivity index is 1.36. The zero-order valence-corrected chi connectivity index (χ0v) is 17.8. The number of rotatable bonds is 3. The van der Waals surface area contributed by atoms with Crippen molar-refractivity contribution in [2.45, 2.75) is 45.1 Å². The highest BCUT2D eigenvalue weighted by molar-refractivity contribution is 5.98. The number of hydrogen-bond donors (Lipinski definition) is 0. The molecule has 2 aliphatic rings. The number of nitrogens with zero attached hydrogens (tertiary/aromatic N) is 7. The summed E-state index contributed by atoms with van der Waals surface area (Å²) in [5, 5.41) is 8.42. The quantitative estimate of drug-likeness (QED) is 0.652. The number of para-hydroxylation sites is 1. The fourth-order valence-electron chi connectivity index (χ4n) is 4.50. The van der Waals surface area contributed by atoms with Crippen LogP contribution < -0.4 is 4.90 Å². The summed E-state index contributed by atoms with van der Waals surface area (Å²) < 4.78 is 0. The third-order valence-corrected chi connectivity index (χ3v) is 6.32. The van der Waals surface area contributed by atoms with Crippen LogP contribution in [0.5, 0.6) is 0 Å². The molecule has 0 bridgehead atoms. The SMILES string of the molecule is C[C@H]1CCN(c2ncc3c(n2)CCCC3)CCN1C(=O)c1ccccc1-n1nccn1. The molecule has 0 spiro atoms. The number of anilines is 1. The van der Waals surface area contributed by atoms with Crippen LogP contribution in [-0.2, 0) is 12.8 Å². The molecule has 1 aliphatic carbocycles. The maximum Gasteiger partial charge on any atom is 0.256 e. The Bertz CT molecular complexity index is 1070. The van der Waals surface area contributed by atoms with Crippen LogP contribution in [0.4, 0.5) is 5.95 Å². The number of carbonyl (C=O) groups excluding carboxylic acids is 1. The molecule has 1 fully saturated rings. The molecule has 1 atom stereocenters. The first-order chi connectivity index (χ1) is 15.2. The highest BCUT2D eigenvalue weighted by Crippen LogP contribution is 2.23. The van der Waals surface area contributed by atoms with Crippen molar-refractivity contribution in [2.75, 3.05) is 24.5 Å². The van der Waals surface area contributed by atoms with E-state index in [2.05, 4.69) is 27.0 Å². The molecule has 2 aromatic heterocycles. The van der Waals surface area contributed by atoms with Crippen molar-refractivity contribution in [1.29, 1.82) is 0 Å². The lowest BCUT2D eigenvalue weighted by atomic mass is 9.98. The number of fused-ring (bicyclic) bond motifs is 1. The second kappa shape index (κ2) is 8.45. The lowest BCUT2D eigenvalue weighted by molar-refractivity contribution is 0.0705. The van der Waals surface area contributed by atoms with Gasteiger partial charge in [0.1, 0.15) is 0 Å².